The van der Waals surface area contributed by atoms with Gasteiger partial charge in [-0.05, 0) is 37.5 Å². The quantitative estimate of drug-likeness (QED) is 0.775. The molecule has 0 spiro atoms. The van der Waals surface area contributed by atoms with Gasteiger partial charge < -0.3 is 10.0 Å². The molecule has 85 valence electrons. The van der Waals surface area contributed by atoms with Crippen LogP contribution in [0.15, 0.2) is 24.3 Å². The maximum absolute atomic E-state index is 12.1. The molecule has 1 aromatic carbocycles. The van der Waals surface area contributed by atoms with E-state index in [1.165, 1.54) is 0 Å². The molecule has 1 aliphatic rings. The Kier molecular flexibility index (Phi) is 3.25. The van der Waals surface area contributed by atoms with Crippen molar-refractivity contribution >= 4 is 5.91 Å². The molecule has 1 radical (unpaired) electrons. The van der Waals surface area contributed by atoms with Crippen LogP contribution in [0.1, 0.15) is 28.8 Å². The molecule has 0 bridgehead atoms. The molecule has 0 aliphatic carbocycles. The monoisotopic (exact) mass is 218 g/mol. The number of amides is 1. The van der Waals surface area contributed by atoms with Crippen molar-refractivity contribution in [3.63, 3.8) is 0 Å². The van der Waals surface area contributed by atoms with Crippen molar-refractivity contribution in [2.45, 2.75) is 18.9 Å². The van der Waals surface area contributed by atoms with E-state index in [1.54, 1.807) is 11.0 Å². The number of piperidine rings is 1. The summed E-state index contributed by atoms with van der Waals surface area (Å²) in [6, 6.07) is 7.32. The first-order chi connectivity index (χ1) is 7.66. The Morgan fingerprint density at radius 2 is 2.06 bits per heavy atom. The average molecular weight is 218 g/mol. The van der Waals surface area contributed by atoms with Crippen molar-refractivity contribution in [2.24, 2.45) is 0 Å². The smallest absolute Gasteiger partial charge is 0.253 e. The SMILES string of the molecule is [CH2]c1cccc(C(=O)N2CCC(O)CC2)c1. The summed E-state index contributed by atoms with van der Waals surface area (Å²) in [6.45, 7) is 5.09. The molecule has 3 nitrogen and oxygen atoms in total. The molecule has 3 heteroatoms. The molecule has 1 saturated heterocycles. The van der Waals surface area contributed by atoms with E-state index < -0.39 is 0 Å². The van der Waals surface area contributed by atoms with Gasteiger partial charge in [0.05, 0.1) is 6.10 Å². The van der Waals surface area contributed by atoms with Crippen molar-refractivity contribution in [2.75, 3.05) is 13.1 Å². The molecule has 1 fully saturated rings. The predicted octanol–water partition coefficient (Wildman–Crippen LogP) is 1.47. The lowest BCUT2D eigenvalue weighted by Gasteiger charge is -2.29. The summed E-state index contributed by atoms with van der Waals surface area (Å²) in [5.41, 5.74) is 1.53. The third-order valence-electron chi connectivity index (χ3n) is 2.93. The van der Waals surface area contributed by atoms with Gasteiger partial charge in [-0.25, -0.2) is 0 Å². The topological polar surface area (TPSA) is 40.5 Å². The van der Waals surface area contributed by atoms with Crippen molar-refractivity contribution < 1.29 is 9.90 Å². The lowest BCUT2D eigenvalue weighted by atomic mass is 10.1. The minimum Gasteiger partial charge on any atom is -0.393 e. The van der Waals surface area contributed by atoms with Crippen LogP contribution in [0, 0.1) is 6.92 Å². The first-order valence-corrected chi connectivity index (χ1v) is 5.56. The highest BCUT2D eigenvalue weighted by Crippen LogP contribution is 2.14. The zero-order valence-electron chi connectivity index (χ0n) is 9.22. The summed E-state index contributed by atoms with van der Waals surface area (Å²) in [6.07, 6.45) is 1.11. The number of rotatable bonds is 1. The molecule has 1 N–H and O–H groups in total. The molecule has 2 rings (SSSR count). The van der Waals surface area contributed by atoms with Gasteiger partial charge in [0, 0.05) is 18.7 Å². The summed E-state index contributed by atoms with van der Waals surface area (Å²) < 4.78 is 0. The normalized spacial score (nSPS) is 17.5. The zero-order valence-corrected chi connectivity index (χ0v) is 9.22. The Bertz CT molecular complexity index is 381. The van der Waals surface area contributed by atoms with Crippen molar-refractivity contribution in [3.05, 3.63) is 42.3 Å². The Hall–Kier alpha value is -1.35. The fourth-order valence-corrected chi connectivity index (χ4v) is 1.96. The van der Waals surface area contributed by atoms with Gasteiger partial charge in [0.2, 0.25) is 0 Å². The van der Waals surface area contributed by atoms with Crippen LogP contribution in [0.25, 0.3) is 0 Å². The second-order valence-corrected chi connectivity index (χ2v) is 4.22. The van der Waals surface area contributed by atoms with Gasteiger partial charge in [0.15, 0.2) is 0 Å². The van der Waals surface area contributed by atoms with Crippen LogP contribution in [-0.2, 0) is 0 Å². The fourth-order valence-electron chi connectivity index (χ4n) is 1.96. The van der Waals surface area contributed by atoms with Crippen molar-refractivity contribution in [3.8, 4) is 0 Å². The third kappa shape index (κ3) is 2.42. The first-order valence-electron chi connectivity index (χ1n) is 5.56. The highest BCUT2D eigenvalue weighted by atomic mass is 16.3. The maximum Gasteiger partial charge on any atom is 0.253 e. The highest BCUT2D eigenvalue weighted by molar-refractivity contribution is 5.94. The summed E-state index contributed by atoms with van der Waals surface area (Å²) >= 11 is 0. The summed E-state index contributed by atoms with van der Waals surface area (Å²) in [5, 5.41) is 9.38. The standard InChI is InChI=1S/C13H16NO2/c1-10-3-2-4-11(9-10)13(16)14-7-5-12(15)6-8-14/h2-4,9,12,15H,1,5-8H2. The van der Waals surface area contributed by atoms with Crippen molar-refractivity contribution in [1.29, 1.82) is 0 Å². The number of nitrogens with zero attached hydrogens (tertiary/aromatic N) is 1. The van der Waals surface area contributed by atoms with Gasteiger partial charge in [-0.2, -0.15) is 0 Å². The lowest BCUT2D eigenvalue weighted by Crippen LogP contribution is -2.40. The predicted molar refractivity (Wildman–Crippen MR) is 62.0 cm³/mol. The van der Waals surface area contributed by atoms with E-state index in [9.17, 15) is 9.90 Å². The number of hydrogen-bond acceptors (Lipinski definition) is 2. The van der Waals surface area contributed by atoms with Gasteiger partial charge in [-0.15, -0.1) is 0 Å². The number of benzene rings is 1. The van der Waals surface area contributed by atoms with Gasteiger partial charge in [-0.3, -0.25) is 4.79 Å². The molecular weight excluding hydrogens is 202 g/mol. The molecule has 0 saturated carbocycles. The van der Waals surface area contributed by atoms with Crippen molar-refractivity contribution in [1.82, 2.24) is 4.90 Å². The van der Waals surface area contributed by atoms with Crippen LogP contribution in [0.2, 0.25) is 0 Å². The number of aliphatic hydroxyl groups is 1. The van der Waals surface area contributed by atoms with Gasteiger partial charge in [-0.1, -0.05) is 12.1 Å². The zero-order chi connectivity index (χ0) is 11.5. The Labute approximate surface area is 95.7 Å². The fraction of sp³-hybridized carbons (Fsp3) is 0.385. The number of hydrogen-bond donors (Lipinski definition) is 1. The summed E-state index contributed by atoms with van der Waals surface area (Å²) in [5.74, 6) is 0.0393. The summed E-state index contributed by atoms with van der Waals surface area (Å²) in [4.78, 5) is 13.9. The third-order valence-corrected chi connectivity index (χ3v) is 2.93. The summed E-state index contributed by atoms with van der Waals surface area (Å²) in [7, 11) is 0. The van der Waals surface area contributed by atoms with Gasteiger partial charge in [0.1, 0.15) is 0 Å². The van der Waals surface area contributed by atoms with E-state index in [0.717, 1.165) is 5.56 Å². The number of aliphatic hydroxyl groups excluding tert-OH is 1. The lowest BCUT2D eigenvalue weighted by molar-refractivity contribution is 0.0546. The maximum atomic E-state index is 12.1. The van der Waals surface area contributed by atoms with E-state index in [-0.39, 0.29) is 12.0 Å². The molecule has 1 aliphatic heterocycles. The van der Waals surface area contributed by atoms with Gasteiger partial charge >= 0.3 is 0 Å². The molecule has 16 heavy (non-hydrogen) atoms. The molecule has 1 heterocycles. The second-order valence-electron chi connectivity index (χ2n) is 4.22. The van der Waals surface area contributed by atoms with Gasteiger partial charge in [0.25, 0.3) is 5.91 Å². The van der Waals surface area contributed by atoms with Crippen LogP contribution in [-0.4, -0.2) is 35.1 Å². The van der Waals surface area contributed by atoms with E-state index in [4.69, 9.17) is 0 Å². The van der Waals surface area contributed by atoms with E-state index >= 15 is 0 Å². The highest BCUT2D eigenvalue weighted by Gasteiger charge is 2.21. The first kappa shape index (κ1) is 11.1. The van der Waals surface area contributed by atoms with E-state index in [2.05, 4.69) is 6.92 Å². The van der Waals surface area contributed by atoms with Crippen LogP contribution in [0.3, 0.4) is 0 Å². The number of carbonyl (C=O) groups excluding carboxylic acids is 1. The number of carbonyl (C=O) groups is 1. The molecule has 0 unspecified atom stereocenters. The molecule has 0 atom stereocenters. The van der Waals surface area contributed by atoms with E-state index in [1.807, 2.05) is 18.2 Å². The van der Waals surface area contributed by atoms with Crippen LogP contribution >= 0.6 is 0 Å². The van der Waals surface area contributed by atoms with Crippen LogP contribution in [0.5, 0.6) is 0 Å². The second kappa shape index (κ2) is 4.66. The van der Waals surface area contributed by atoms with E-state index in [0.29, 0.717) is 31.5 Å². The molecular formula is C13H16NO2. The Balaban J connectivity index is 2.08. The van der Waals surface area contributed by atoms with Crippen LogP contribution in [0.4, 0.5) is 0 Å². The number of likely N-dealkylation sites (tertiary alicyclic amines) is 1. The Morgan fingerprint density at radius 1 is 1.38 bits per heavy atom. The van der Waals surface area contributed by atoms with Crippen LogP contribution < -0.4 is 0 Å². The largest absolute Gasteiger partial charge is 0.393 e. The Morgan fingerprint density at radius 3 is 2.69 bits per heavy atom. The molecule has 1 aromatic rings. The molecule has 1 amide bonds. The minimum atomic E-state index is -0.247. The average Bonchev–Trinajstić information content (AvgIpc) is 2.29. The minimum absolute atomic E-state index is 0.0393. The molecule has 0 aromatic heterocycles.